The summed E-state index contributed by atoms with van der Waals surface area (Å²) in [5, 5.41) is 6.83. The monoisotopic (exact) mass is 578 g/mol. The number of furan rings is 1. The lowest BCUT2D eigenvalue weighted by Crippen LogP contribution is -2.47. The summed E-state index contributed by atoms with van der Waals surface area (Å²) in [5.74, 6) is 0.812. The topological polar surface area (TPSA) is 113 Å². The second-order valence-electron chi connectivity index (χ2n) is 10.9. The van der Waals surface area contributed by atoms with E-state index >= 15 is 0 Å². The van der Waals surface area contributed by atoms with Crippen LogP contribution in [0.3, 0.4) is 0 Å². The molecule has 42 heavy (non-hydrogen) atoms. The molecule has 5 rings (SSSR count). The van der Waals surface area contributed by atoms with Crippen molar-refractivity contribution in [2.45, 2.75) is 52.6 Å². The Morgan fingerprint density at radius 3 is 2.55 bits per heavy atom. The van der Waals surface area contributed by atoms with Crippen LogP contribution in [0.4, 0.5) is 0 Å². The van der Waals surface area contributed by atoms with Crippen LogP contribution >= 0.6 is 0 Å². The van der Waals surface area contributed by atoms with Crippen molar-refractivity contribution in [2.24, 2.45) is 0 Å². The summed E-state index contributed by atoms with van der Waals surface area (Å²) in [5.41, 5.74) is 3.66. The number of carbonyl (C=O) groups excluding carboxylic acids is 3. The number of ether oxygens (including phenoxy) is 2. The zero-order valence-corrected chi connectivity index (χ0v) is 25.2. The second-order valence-corrected chi connectivity index (χ2v) is 10.9. The SMILES string of the molecule is COc1cc2ccc1OCC(=O)N[C@@H](C)C(=O)N(C)CCCCN(Cc1oc3ccc(C)cc3c1C)CCCNC2=O. The smallest absolute Gasteiger partial charge is 0.258 e. The first-order chi connectivity index (χ1) is 20.2. The van der Waals surface area contributed by atoms with Gasteiger partial charge in [-0.2, -0.15) is 0 Å². The lowest BCUT2D eigenvalue weighted by Gasteiger charge is -2.24. The van der Waals surface area contributed by atoms with Crippen molar-refractivity contribution in [3.05, 3.63) is 58.8 Å². The molecule has 0 spiro atoms. The van der Waals surface area contributed by atoms with Crippen LogP contribution in [0.25, 0.3) is 11.0 Å². The minimum Gasteiger partial charge on any atom is -0.493 e. The van der Waals surface area contributed by atoms with E-state index in [1.807, 2.05) is 6.07 Å². The summed E-state index contributed by atoms with van der Waals surface area (Å²) in [7, 11) is 3.23. The van der Waals surface area contributed by atoms with Crippen LogP contribution in [0.15, 0.2) is 40.8 Å². The maximum Gasteiger partial charge on any atom is 0.258 e. The third-order valence-electron chi connectivity index (χ3n) is 7.62. The number of rotatable bonds is 3. The fourth-order valence-electron chi connectivity index (χ4n) is 5.16. The van der Waals surface area contributed by atoms with Gasteiger partial charge >= 0.3 is 0 Å². The molecule has 0 saturated carbocycles. The maximum absolute atomic E-state index is 12.9. The van der Waals surface area contributed by atoms with E-state index in [0.717, 1.165) is 54.6 Å². The van der Waals surface area contributed by atoms with Gasteiger partial charge < -0.3 is 29.4 Å². The molecule has 10 heteroatoms. The van der Waals surface area contributed by atoms with Crippen LogP contribution in [0.2, 0.25) is 0 Å². The predicted molar refractivity (Wildman–Crippen MR) is 161 cm³/mol. The molecule has 2 bridgehead atoms. The molecular formula is C32H42N4O6. The van der Waals surface area contributed by atoms with Crippen molar-refractivity contribution in [1.29, 1.82) is 0 Å². The zero-order valence-electron chi connectivity index (χ0n) is 25.2. The number of nitrogens with zero attached hydrogens (tertiary/aromatic N) is 2. The number of methoxy groups -OCH3 is 1. The summed E-state index contributed by atoms with van der Waals surface area (Å²) in [6.07, 6.45) is 2.44. The molecular weight excluding hydrogens is 536 g/mol. The van der Waals surface area contributed by atoms with Crippen LogP contribution in [-0.4, -0.2) is 80.5 Å². The van der Waals surface area contributed by atoms with Crippen molar-refractivity contribution in [3.8, 4) is 11.5 Å². The van der Waals surface area contributed by atoms with Crippen LogP contribution in [-0.2, 0) is 16.1 Å². The molecule has 0 aliphatic carbocycles. The molecule has 3 amide bonds. The number of amides is 3. The first kappa shape index (κ1) is 30.9. The molecule has 2 aromatic carbocycles. The first-order valence-electron chi connectivity index (χ1n) is 14.5. The largest absolute Gasteiger partial charge is 0.493 e. The van der Waals surface area contributed by atoms with E-state index in [9.17, 15) is 14.4 Å². The lowest BCUT2D eigenvalue weighted by molar-refractivity contribution is -0.135. The molecule has 3 heterocycles. The minimum atomic E-state index is -0.690. The van der Waals surface area contributed by atoms with Crippen molar-refractivity contribution < 1.29 is 28.3 Å². The molecule has 2 aliphatic rings. The summed E-state index contributed by atoms with van der Waals surface area (Å²) >= 11 is 0. The van der Waals surface area contributed by atoms with Gasteiger partial charge in [-0.15, -0.1) is 0 Å². The summed E-state index contributed by atoms with van der Waals surface area (Å²) in [6.45, 7) is 8.87. The average molecular weight is 579 g/mol. The van der Waals surface area contributed by atoms with Gasteiger partial charge in [0.05, 0.1) is 13.7 Å². The maximum atomic E-state index is 12.9. The predicted octanol–water partition coefficient (Wildman–Crippen LogP) is 3.82. The highest BCUT2D eigenvalue weighted by molar-refractivity contribution is 5.95. The number of nitrogens with one attached hydrogen (secondary N) is 2. The van der Waals surface area contributed by atoms with Gasteiger partial charge in [0.25, 0.3) is 11.8 Å². The quantitative estimate of drug-likeness (QED) is 0.455. The van der Waals surface area contributed by atoms with Gasteiger partial charge in [-0.3, -0.25) is 19.3 Å². The van der Waals surface area contributed by atoms with E-state index in [0.29, 0.717) is 36.7 Å². The van der Waals surface area contributed by atoms with E-state index in [1.165, 1.54) is 12.7 Å². The fraction of sp³-hybridized carbons (Fsp3) is 0.469. The minimum absolute atomic E-state index is 0.161. The van der Waals surface area contributed by atoms with Crippen molar-refractivity contribution >= 4 is 28.7 Å². The van der Waals surface area contributed by atoms with Gasteiger partial charge in [-0.05, 0) is 82.5 Å². The van der Waals surface area contributed by atoms with Gasteiger partial charge in [0, 0.05) is 37.6 Å². The Labute approximate surface area is 247 Å². The van der Waals surface area contributed by atoms with Gasteiger partial charge in [-0.1, -0.05) is 11.6 Å². The number of likely N-dealkylation sites (N-methyl/N-ethyl adjacent to an activating group) is 1. The van der Waals surface area contributed by atoms with E-state index in [-0.39, 0.29) is 18.4 Å². The summed E-state index contributed by atoms with van der Waals surface area (Å²) in [6, 6.07) is 10.4. The Balaban J connectivity index is 1.50. The number of carbonyl (C=O) groups is 3. The molecule has 0 unspecified atom stereocenters. The number of hydrogen-bond donors (Lipinski definition) is 2. The first-order valence-corrected chi connectivity index (χ1v) is 14.5. The molecule has 2 N–H and O–H groups in total. The van der Waals surface area contributed by atoms with Crippen LogP contribution in [0.1, 0.15) is 53.4 Å². The summed E-state index contributed by atoms with van der Waals surface area (Å²) < 4.78 is 17.3. The third-order valence-corrected chi connectivity index (χ3v) is 7.62. The van der Waals surface area contributed by atoms with Crippen LogP contribution in [0, 0.1) is 13.8 Å². The van der Waals surface area contributed by atoms with Crippen LogP contribution in [0.5, 0.6) is 11.5 Å². The molecule has 10 nitrogen and oxygen atoms in total. The van der Waals surface area contributed by atoms with Gasteiger partial charge in [0.2, 0.25) is 5.91 Å². The Kier molecular flexibility index (Phi) is 10.5. The molecule has 0 fully saturated rings. The highest BCUT2D eigenvalue weighted by Crippen LogP contribution is 2.29. The Bertz CT molecular complexity index is 1420. The molecule has 0 radical (unpaired) electrons. The van der Waals surface area contributed by atoms with E-state index in [1.54, 1.807) is 37.1 Å². The van der Waals surface area contributed by atoms with E-state index in [2.05, 4.69) is 41.5 Å². The lowest BCUT2D eigenvalue weighted by atomic mass is 10.1. The molecule has 1 atom stereocenters. The molecule has 1 aromatic heterocycles. The average Bonchev–Trinajstić information content (AvgIpc) is 3.28. The van der Waals surface area contributed by atoms with Crippen LogP contribution < -0.4 is 20.1 Å². The highest BCUT2D eigenvalue weighted by atomic mass is 16.5. The second kappa shape index (κ2) is 14.2. The molecule has 226 valence electrons. The van der Waals surface area contributed by atoms with Gasteiger partial charge in [-0.25, -0.2) is 0 Å². The number of aryl methyl sites for hydroxylation is 2. The zero-order chi connectivity index (χ0) is 30.2. The molecule has 3 aromatic rings. The standard InChI is InChI=1S/C32H42N4O6/c1-21-9-11-26-25(17-21)22(2)29(42-26)19-36-15-7-6-14-35(4)32(39)23(3)34-30(37)20-41-27-12-10-24(18-28(27)40-5)31(38)33-13-8-16-36/h9-12,17-18,23H,6-8,13-16,19-20H2,1-5H3,(H,33,38)(H,34,37)/t23-/m0/s1. The third kappa shape index (κ3) is 7.82. The van der Waals surface area contributed by atoms with Crippen molar-refractivity contribution in [2.75, 3.05) is 46.9 Å². The molecule has 2 aliphatic heterocycles. The number of hydrogen-bond acceptors (Lipinski definition) is 7. The molecule has 0 saturated heterocycles. The van der Waals surface area contributed by atoms with E-state index in [4.69, 9.17) is 13.9 Å². The normalized spacial score (nSPS) is 18.7. The van der Waals surface area contributed by atoms with Crippen molar-refractivity contribution in [3.63, 3.8) is 0 Å². The Morgan fingerprint density at radius 1 is 1.00 bits per heavy atom. The van der Waals surface area contributed by atoms with E-state index < -0.39 is 11.9 Å². The number of fused-ring (bicyclic) bond motifs is 19. The highest BCUT2D eigenvalue weighted by Gasteiger charge is 2.21. The van der Waals surface area contributed by atoms with Gasteiger partial charge in [0.15, 0.2) is 18.1 Å². The fourth-order valence-corrected chi connectivity index (χ4v) is 5.16. The number of benzene rings is 2. The Hall–Kier alpha value is -4.05. The summed E-state index contributed by atoms with van der Waals surface area (Å²) in [4.78, 5) is 42.2. The Morgan fingerprint density at radius 2 is 1.76 bits per heavy atom. The van der Waals surface area contributed by atoms with Crippen molar-refractivity contribution in [1.82, 2.24) is 20.4 Å². The van der Waals surface area contributed by atoms with Gasteiger partial charge in [0.1, 0.15) is 17.4 Å².